The summed E-state index contributed by atoms with van der Waals surface area (Å²) in [7, 11) is 3.02. The first kappa shape index (κ1) is 12.8. The highest BCUT2D eigenvalue weighted by atomic mass is 19.1. The number of nitrogens with two attached hydrogens (primary N) is 1. The van der Waals surface area contributed by atoms with Gasteiger partial charge in [0.05, 0.1) is 14.2 Å². The van der Waals surface area contributed by atoms with Crippen LogP contribution in [0.25, 0.3) is 0 Å². The monoisotopic (exact) mass is 227 g/mol. The Kier molecular flexibility index (Phi) is 4.12. The molecule has 2 N–H and O–H groups in total. The van der Waals surface area contributed by atoms with Gasteiger partial charge >= 0.3 is 0 Å². The molecule has 0 saturated heterocycles. The van der Waals surface area contributed by atoms with E-state index in [1.807, 2.05) is 6.92 Å². The maximum Gasteiger partial charge on any atom is 0.166 e. The molecule has 0 aliphatic heterocycles. The standard InChI is InChI=1S/C12H18FNO2/c1-7(13)10-5-9(8(2)14)6-11(15-3)12(10)16-4/h5-8H,14H2,1-4H3. The highest BCUT2D eigenvalue weighted by Crippen LogP contribution is 2.38. The first-order valence-electron chi connectivity index (χ1n) is 5.16. The largest absolute Gasteiger partial charge is 0.493 e. The Balaban J connectivity index is 3.37. The molecule has 0 radical (unpaired) electrons. The van der Waals surface area contributed by atoms with E-state index >= 15 is 0 Å². The smallest absolute Gasteiger partial charge is 0.166 e. The molecule has 0 amide bonds. The van der Waals surface area contributed by atoms with E-state index in [1.165, 1.54) is 21.1 Å². The first-order chi connectivity index (χ1) is 7.51. The van der Waals surface area contributed by atoms with Gasteiger partial charge in [0.25, 0.3) is 0 Å². The van der Waals surface area contributed by atoms with Crippen LogP contribution in [-0.2, 0) is 0 Å². The third-order valence-electron chi connectivity index (χ3n) is 2.48. The Morgan fingerprint density at radius 1 is 1.19 bits per heavy atom. The Bertz CT molecular complexity index is 364. The van der Waals surface area contributed by atoms with Crippen LogP contribution >= 0.6 is 0 Å². The molecule has 1 rings (SSSR count). The molecule has 3 nitrogen and oxygen atoms in total. The zero-order chi connectivity index (χ0) is 12.3. The number of halogens is 1. The molecule has 0 aliphatic carbocycles. The SMILES string of the molecule is COc1cc(C(C)N)cc(C(C)F)c1OC. The minimum atomic E-state index is -1.12. The number of benzene rings is 1. The van der Waals surface area contributed by atoms with E-state index in [2.05, 4.69) is 0 Å². The van der Waals surface area contributed by atoms with Gasteiger partial charge in [-0.1, -0.05) is 0 Å². The van der Waals surface area contributed by atoms with Crippen molar-refractivity contribution in [1.82, 2.24) is 0 Å². The van der Waals surface area contributed by atoms with Crippen molar-refractivity contribution in [2.24, 2.45) is 5.73 Å². The van der Waals surface area contributed by atoms with Gasteiger partial charge in [-0.2, -0.15) is 0 Å². The maximum atomic E-state index is 13.5. The van der Waals surface area contributed by atoms with Gasteiger partial charge in [-0.15, -0.1) is 0 Å². The number of ether oxygens (including phenoxy) is 2. The van der Waals surface area contributed by atoms with Crippen LogP contribution in [0, 0.1) is 0 Å². The second kappa shape index (κ2) is 5.16. The maximum absolute atomic E-state index is 13.5. The molecule has 0 aromatic heterocycles. The fraction of sp³-hybridized carbons (Fsp3) is 0.500. The number of alkyl halides is 1. The molecule has 2 atom stereocenters. The molecule has 2 unspecified atom stereocenters. The molecular weight excluding hydrogens is 209 g/mol. The highest BCUT2D eigenvalue weighted by molar-refractivity contribution is 5.51. The van der Waals surface area contributed by atoms with E-state index in [0.717, 1.165) is 5.56 Å². The fourth-order valence-electron chi connectivity index (χ4n) is 1.57. The summed E-state index contributed by atoms with van der Waals surface area (Å²) in [5.74, 6) is 0.943. The summed E-state index contributed by atoms with van der Waals surface area (Å²) in [5.41, 5.74) is 7.08. The topological polar surface area (TPSA) is 44.5 Å². The quantitative estimate of drug-likeness (QED) is 0.860. The van der Waals surface area contributed by atoms with Crippen molar-refractivity contribution in [3.63, 3.8) is 0 Å². The third-order valence-corrected chi connectivity index (χ3v) is 2.48. The number of hydrogen-bond acceptors (Lipinski definition) is 3. The minimum Gasteiger partial charge on any atom is -0.493 e. The Labute approximate surface area is 95.4 Å². The molecule has 1 aromatic carbocycles. The van der Waals surface area contributed by atoms with Crippen LogP contribution in [0.1, 0.15) is 37.2 Å². The van der Waals surface area contributed by atoms with Gasteiger partial charge in [0, 0.05) is 11.6 Å². The summed E-state index contributed by atoms with van der Waals surface area (Å²) in [6.45, 7) is 3.30. The predicted octanol–water partition coefficient (Wildman–Crippen LogP) is 2.75. The summed E-state index contributed by atoms with van der Waals surface area (Å²) in [5, 5.41) is 0. The average molecular weight is 227 g/mol. The van der Waals surface area contributed by atoms with Gasteiger partial charge in [-0.25, -0.2) is 4.39 Å². The van der Waals surface area contributed by atoms with Crippen LogP contribution in [0.15, 0.2) is 12.1 Å². The second-order valence-electron chi connectivity index (χ2n) is 3.75. The lowest BCUT2D eigenvalue weighted by Crippen LogP contribution is -2.07. The third kappa shape index (κ3) is 2.44. The van der Waals surface area contributed by atoms with Crippen molar-refractivity contribution in [3.05, 3.63) is 23.3 Å². The normalized spacial score (nSPS) is 14.4. The average Bonchev–Trinajstić information content (AvgIpc) is 2.26. The van der Waals surface area contributed by atoms with Gasteiger partial charge in [0.2, 0.25) is 0 Å². The molecule has 0 saturated carbocycles. The molecule has 0 fully saturated rings. The van der Waals surface area contributed by atoms with Crippen LogP contribution in [0.3, 0.4) is 0 Å². The molecule has 90 valence electrons. The number of rotatable bonds is 4. The highest BCUT2D eigenvalue weighted by Gasteiger charge is 2.18. The van der Waals surface area contributed by atoms with Gasteiger partial charge in [-0.05, 0) is 31.5 Å². The van der Waals surface area contributed by atoms with Gasteiger partial charge in [0.1, 0.15) is 6.17 Å². The van der Waals surface area contributed by atoms with Crippen molar-refractivity contribution in [2.75, 3.05) is 14.2 Å². The number of methoxy groups -OCH3 is 2. The van der Waals surface area contributed by atoms with Crippen LogP contribution in [0.4, 0.5) is 4.39 Å². The van der Waals surface area contributed by atoms with Crippen LogP contribution in [0.2, 0.25) is 0 Å². The lowest BCUT2D eigenvalue weighted by atomic mass is 10.0. The molecule has 16 heavy (non-hydrogen) atoms. The van der Waals surface area contributed by atoms with E-state index in [-0.39, 0.29) is 6.04 Å². The van der Waals surface area contributed by atoms with E-state index in [9.17, 15) is 4.39 Å². The van der Waals surface area contributed by atoms with Crippen molar-refractivity contribution in [1.29, 1.82) is 0 Å². The predicted molar refractivity (Wildman–Crippen MR) is 61.7 cm³/mol. The van der Waals surface area contributed by atoms with E-state index < -0.39 is 6.17 Å². The molecule has 0 bridgehead atoms. The van der Waals surface area contributed by atoms with Crippen molar-refractivity contribution >= 4 is 0 Å². The molecule has 0 heterocycles. The van der Waals surface area contributed by atoms with Crippen LogP contribution in [-0.4, -0.2) is 14.2 Å². The van der Waals surface area contributed by atoms with Crippen molar-refractivity contribution in [3.8, 4) is 11.5 Å². The zero-order valence-electron chi connectivity index (χ0n) is 10.1. The summed E-state index contributed by atoms with van der Waals surface area (Å²) in [6, 6.07) is 3.32. The summed E-state index contributed by atoms with van der Waals surface area (Å²) in [6.07, 6.45) is -1.12. The Morgan fingerprint density at radius 3 is 2.19 bits per heavy atom. The van der Waals surface area contributed by atoms with Crippen LogP contribution in [0.5, 0.6) is 11.5 Å². The summed E-state index contributed by atoms with van der Waals surface area (Å²) >= 11 is 0. The molecule has 4 heteroatoms. The van der Waals surface area contributed by atoms with Gasteiger partial charge in [-0.3, -0.25) is 0 Å². The van der Waals surface area contributed by atoms with E-state index in [1.54, 1.807) is 12.1 Å². The van der Waals surface area contributed by atoms with Crippen molar-refractivity contribution < 1.29 is 13.9 Å². The van der Waals surface area contributed by atoms with E-state index in [0.29, 0.717) is 17.1 Å². The first-order valence-corrected chi connectivity index (χ1v) is 5.16. The minimum absolute atomic E-state index is 0.169. The summed E-state index contributed by atoms with van der Waals surface area (Å²) in [4.78, 5) is 0. The second-order valence-corrected chi connectivity index (χ2v) is 3.75. The summed E-state index contributed by atoms with van der Waals surface area (Å²) < 4.78 is 23.8. The van der Waals surface area contributed by atoms with Gasteiger partial charge < -0.3 is 15.2 Å². The lowest BCUT2D eigenvalue weighted by molar-refractivity contribution is 0.323. The molecular formula is C12H18FNO2. The van der Waals surface area contributed by atoms with Crippen molar-refractivity contribution in [2.45, 2.75) is 26.1 Å². The zero-order valence-corrected chi connectivity index (χ0v) is 10.1. The lowest BCUT2D eigenvalue weighted by Gasteiger charge is -2.17. The number of hydrogen-bond donors (Lipinski definition) is 1. The Hall–Kier alpha value is -1.29. The van der Waals surface area contributed by atoms with Gasteiger partial charge in [0.15, 0.2) is 11.5 Å². The fourth-order valence-corrected chi connectivity index (χ4v) is 1.57. The Morgan fingerprint density at radius 2 is 1.81 bits per heavy atom. The molecule has 1 aromatic rings. The van der Waals surface area contributed by atoms with Crippen LogP contribution < -0.4 is 15.2 Å². The molecule has 0 spiro atoms. The van der Waals surface area contributed by atoms with E-state index in [4.69, 9.17) is 15.2 Å². The molecule has 0 aliphatic rings.